The van der Waals surface area contributed by atoms with E-state index in [1.165, 1.54) is 12.1 Å². The summed E-state index contributed by atoms with van der Waals surface area (Å²) in [5.74, 6) is -0.493. The number of aliphatic hydroxyl groups is 1. The van der Waals surface area contributed by atoms with Crippen molar-refractivity contribution in [1.82, 2.24) is 4.90 Å². The molecular weight excluding hydrogens is 519 g/mol. The van der Waals surface area contributed by atoms with Crippen molar-refractivity contribution in [3.8, 4) is 11.5 Å². The molecule has 3 aromatic rings. The van der Waals surface area contributed by atoms with Crippen LogP contribution in [0.1, 0.15) is 22.7 Å². The highest BCUT2D eigenvalue weighted by Crippen LogP contribution is 2.44. The minimum atomic E-state index is -4.73. The van der Waals surface area contributed by atoms with E-state index >= 15 is 4.39 Å². The van der Waals surface area contributed by atoms with Crippen molar-refractivity contribution >= 4 is 6.08 Å². The zero-order valence-corrected chi connectivity index (χ0v) is 20.8. The molecule has 0 aromatic heterocycles. The number of hydrogen-bond donors (Lipinski definition) is 2. The Morgan fingerprint density at radius 2 is 1.77 bits per heavy atom. The largest absolute Gasteiger partial charge is 0.508 e. The summed E-state index contributed by atoms with van der Waals surface area (Å²) >= 11 is 0. The van der Waals surface area contributed by atoms with Gasteiger partial charge >= 0.3 is 6.18 Å². The number of nitrogens with zero attached hydrogens (tertiary/aromatic N) is 2. The Kier molecular flexibility index (Phi) is 7.35. The van der Waals surface area contributed by atoms with Crippen LogP contribution >= 0.6 is 0 Å². The van der Waals surface area contributed by atoms with Gasteiger partial charge in [0.15, 0.2) is 0 Å². The first-order valence-corrected chi connectivity index (χ1v) is 12.5. The predicted octanol–water partition coefficient (Wildman–Crippen LogP) is 3.92. The van der Waals surface area contributed by atoms with Crippen LogP contribution in [0.3, 0.4) is 0 Å². The fourth-order valence-electron chi connectivity index (χ4n) is 5.26. The fourth-order valence-corrected chi connectivity index (χ4v) is 5.26. The summed E-state index contributed by atoms with van der Waals surface area (Å²) in [6.45, 7) is 1.52. The second-order valence-corrected chi connectivity index (χ2v) is 10.0. The molecule has 0 radical (unpaired) electrons. The maximum atomic E-state index is 15.3. The summed E-state index contributed by atoms with van der Waals surface area (Å²) in [5.41, 5.74) is -2.22. The Bertz CT molecular complexity index is 1460. The molecule has 1 fully saturated rings. The molecule has 0 aliphatic carbocycles. The van der Waals surface area contributed by atoms with Crippen LogP contribution in [-0.2, 0) is 11.6 Å². The second kappa shape index (κ2) is 10.6. The Balaban J connectivity index is 1.48. The number of fused-ring (bicyclic) bond motifs is 1. The molecule has 0 saturated carbocycles. The highest BCUT2D eigenvalue weighted by Gasteiger charge is 2.43. The molecule has 10 heteroatoms. The Morgan fingerprint density at radius 3 is 2.41 bits per heavy atom. The molecule has 2 aliphatic rings. The number of aromatic hydroxyl groups is 1. The van der Waals surface area contributed by atoms with Gasteiger partial charge in [-0.15, -0.1) is 0 Å². The molecule has 2 atom stereocenters. The third-order valence-corrected chi connectivity index (χ3v) is 7.37. The zero-order valence-electron chi connectivity index (χ0n) is 20.8. The van der Waals surface area contributed by atoms with Crippen molar-refractivity contribution in [2.75, 3.05) is 39.5 Å². The highest BCUT2D eigenvalue weighted by atomic mass is 19.4. The first kappa shape index (κ1) is 27.1. The smallest absolute Gasteiger partial charge is 0.416 e. The minimum Gasteiger partial charge on any atom is -0.508 e. The van der Waals surface area contributed by atoms with Crippen LogP contribution in [0.2, 0.25) is 0 Å². The normalized spacial score (nSPS) is 21.4. The van der Waals surface area contributed by atoms with Crippen LogP contribution in [0.4, 0.5) is 22.0 Å². The lowest BCUT2D eigenvalue weighted by atomic mass is 9.70. The lowest BCUT2D eigenvalue weighted by Gasteiger charge is -2.38. The van der Waals surface area contributed by atoms with E-state index in [4.69, 9.17) is 9.73 Å². The number of ether oxygens (including phenoxy) is 1. The maximum Gasteiger partial charge on any atom is 0.416 e. The summed E-state index contributed by atoms with van der Waals surface area (Å²) in [6.07, 6.45) is -3.14. The number of halogens is 5. The average molecular weight is 547 g/mol. The molecular formula is C29H27F5N2O3. The van der Waals surface area contributed by atoms with Gasteiger partial charge in [0.05, 0.1) is 35.7 Å². The maximum absolute atomic E-state index is 15.3. The highest BCUT2D eigenvalue weighted by molar-refractivity contribution is 5.54. The lowest BCUT2D eigenvalue weighted by molar-refractivity contribution is -0.137. The molecule has 2 N–H and O–H groups in total. The molecule has 39 heavy (non-hydrogen) atoms. The quantitative estimate of drug-likeness (QED) is 0.421. The fraction of sp³-hybridized carbons (Fsp3) is 0.345. The number of alkyl halides is 4. The van der Waals surface area contributed by atoms with Crippen molar-refractivity contribution in [2.45, 2.75) is 17.6 Å². The SMILES string of the molecule is OCC1(c2ccc(C(F)(F)F)cc2F)C=c2ccc(O)cc2=NC1c1ccc(OCCN2CC(CF)C2)cc1. The summed E-state index contributed by atoms with van der Waals surface area (Å²) in [4.78, 5) is 6.81. The molecule has 0 spiro atoms. The van der Waals surface area contributed by atoms with Crippen molar-refractivity contribution in [1.29, 1.82) is 0 Å². The van der Waals surface area contributed by atoms with Crippen LogP contribution in [0.5, 0.6) is 11.5 Å². The minimum absolute atomic E-state index is 0.0364. The average Bonchev–Trinajstić information content (AvgIpc) is 2.89. The number of likely N-dealkylation sites (tertiary alicyclic amines) is 1. The van der Waals surface area contributed by atoms with E-state index in [0.717, 1.165) is 12.1 Å². The van der Waals surface area contributed by atoms with E-state index in [1.807, 2.05) is 0 Å². The summed E-state index contributed by atoms with van der Waals surface area (Å²) in [5, 5.41) is 21.5. The molecule has 3 aromatic carbocycles. The monoisotopic (exact) mass is 546 g/mol. The molecule has 2 aliphatic heterocycles. The topological polar surface area (TPSA) is 65.3 Å². The molecule has 5 rings (SSSR count). The van der Waals surface area contributed by atoms with E-state index in [9.17, 15) is 27.8 Å². The second-order valence-electron chi connectivity index (χ2n) is 10.0. The summed E-state index contributed by atoms with van der Waals surface area (Å²) in [7, 11) is 0. The first-order chi connectivity index (χ1) is 18.6. The van der Waals surface area contributed by atoms with E-state index in [2.05, 4.69) is 4.90 Å². The predicted molar refractivity (Wildman–Crippen MR) is 134 cm³/mol. The van der Waals surface area contributed by atoms with Crippen molar-refractivity contribution in [3.05, 3.63) is 93.7 Å². The number of aliphatic hydroxyl groups excluding tert-OH is 1. The van der Waals surface area contributed by atoms with E-state index in [-0.39, 0.29) is 23.9 Å². The van der Waals surface area contributed by atoms with Gasteiger partial charge in [0.2, 0.25) is 0 Å². The first-order valence-electron chi connectivity index (χ1n) is 12.5. The Hall–Kier alpha value is -3.50. The number of rotatable bonds is 8. The van der Waals surface area contributed by atoms with Gasteiger partial charge in [-0.25, -0.2) is 4.39 Å². The summed E-state index contributed by atoms with van der Waals surface area (Å²) < 4.78 is 73.4. The zero-order chi connectivity index (χ0) is 27.8. The molecule has 5 nitrogen and oxygen atoms in total. The van der Waals surface area contributed by atoms with Crippen molar-refractivity contribution < 1.29 is 36.9 Å². The Labute approximate surface area is 221 Å². The van der Waals surface area contributed by atoms with Crippen molar-refractivity contribution in [2.24, 2.45) is 10.9 Å². The van der Waals surface area contributed by atoms with Crippen LogP contribution in [0.25, 0.3) is 6.08 Å². The molecule has 0 bridgehead atoms. The van der Waals surface area contributed by atoms with Crippen LogP contribution in [0.15, 0.2) is 65.7 Å². The van der Waals surface area contributed by atoms with E-state index in [1.54, 1.807) is 36.4 Å². The van der Waals surface area contributed by atoms with Crippen molar-refractivity contribution in [3.63, 3.8) is 0 Å². The van der Waals surface area contributed by atoms with Gasteiger partial charge in [-0.05, 0) is 47.2 Å². The number of phenolic OH excluding ortho intramolecular Hbond substituents is 1. The van der Waals surface area contributed by atoms with Gasteiger partial charge in [-0.2, -0.15) is 13.2 Å². The molecule has 0 amide bonds. The van der Waals surface area contributed by atoms with Gasteiger partial charge in [0, 0.05) is 37.2 Å². The van der Waals surface area contributed by atoms with Gasteiger partial charge in [-0.1, -0.05) is 24.3 Å². The number of benzene rings is 3. The van der Waals surface area contributed by atoms with Crippen LogP contribution in [0, 0.1) is 11.7 Å². The van der Waals surface area contributed by atoms with Gasteiger partial charge in [0.1, 0.15) is 23.9 Å². The van der Waals surface area contributed by atoms with Crippen LogP contribution in [-0.4, -0.2) is 54.6 Å². The van der Waals surface area contributed by atoms with E-state index < -0.39 is 35.6 Å². The number of hydrogen-bond acceptors (Lipinski definition) is 5. The number of phenols is 1. The van der Waals surface area contributed by atoms with E-state index in [0.29, 0.717) is 54.2 Å². The van der Waals surface area contributed by atoms with Crippen LogP contribution < -0.4 is 15.3 Å². The third-order valence-electron chi connectivity index (χ3n) is 7.37. The van der Waals surface area contributed by atoms with Gasteiger partial charge in [0.25, 0.3) is 0 Å². The molecule has 1 saturated heterocycles. The molecule has 2 unspecified atom stereocenters. The molecule has 2 heterocycles. The molecule has 206 valence electrons. The Morgan fingerprint density at radius 1 is 1.03 bits per heavy atom. The summed E-state index contributed by atoms with van der Waals surface area (Å²) in [6, 6.07) is 12.6. The third kappa shape index (κ3) is 5.35. The van der Waals surface area contributed by atoms with Gasteiger partial charge < -0.3 is 14.9 Å². The van der Waals surface area contributed by atoms with Gasteiger partial charge in [-0.3, -0.25) is 14.3 Å². The lowest BCUT2D eigenvalue weighted by Crippen LogP contribution is -2.49. The standard InChI is InChI=1S/C29H27F5N2O3/c30-14-18-15-36(16-18)9-10-39-23-6-2-19(3-7-23)27-28(17-37,13-20-1-5-22(38)12-26(20)35-27)24-8-4-21(11-25(24)31)29(32,33)34/h1-8,11-13,18,27,37-38H,9-10,14-17H2.